The number of amides is 2. The molecular weight excluding hydrogens is 564 g/mol. The Balaban J connectivity index is 1.69. The van der Waals surface area contributed by atoms with Crippen molar-refractivity contribution in [3.05, 3.63) is 64.1 Å². The molecule has 2 aromatic rings. The van der Waals surface area contributed by atoms with Crippen molar-refractivity contribution in [3.8, 4) is 0 Å². The van der Waals surface area contributed by atoms with E-state index in [0.29, 0.717) is 31.6 Å². The van der Waals surface area contributed by atoms with Crippen LogP contribution in [-0.2, 0) is 37.3 Å². The zero-order valence-electron chi connectivity index (χ0n) is 24.9. The van der Waals surface area contributed by atoms with Crippen LogP contribution >= 0.6 is 0 Å². The average Bonchev–Trinajstić information content (AvgIpc) is 2.88. The molecule has 42 heavy (non-hydrogen) atoms. The van der Waals surface area contributed by atoms with Crippen molar-refractivity contribution < 1.29 is 32.3 Å². The summed E-state index contributed by atoms with van der Waals surface area (Å²) in [5.74, 6) is -1.50. The highest BCUT2D eigenvalue weighted by atomic mass is 32.2. The molecule has 0 bridgehead atoms. The molecule has 0 radical (unpaired) electrons. The van der Waals surface area contributed by atoms with Crippen molar-refractivity contribution >= 4 is 28.0 Å². The van der Waals surface area contributed by atoms with Crippen LogP contribution in [0.25, 0.3) is 0 Å². The van der Waals surface area contributed by atoms with Gasteiger partial charge in [0, 0.05) is 37.0 Å². The zero-order chi connectivity index (χ0) is 31.3. The number of nitrogens with zero attached hydrogens (tertiary/aromatic N) is 1. The van der Waals surface area contributed by atoms with Gasteiger partial charge in [0.25, 0.3) is 11.5 Å². The van der Waals surface area contributed by atoms with Crippen molar-refractivity contribution in [1.29, 1.82) is 0 Å². The number of alkyl carbamates (subject to hydrolysis) is 1. The van der Waals surface area contributed by atoms with Gasteiger partial charge in [-0.1, -0.05) is 18.2 Å². The molecular formula is C29H40N4O8S. The molecule has 0 unspecified atom stereocenters. The Hall–Kier alpha value is -3.71. The van der Waals surface area contributed by atoms with Crippen LogP contribution < -0.4 is 20.9 Å². The maximum absolute atomic E-state index is 13.0. The molecule has 0 aliphatic carbocycles. The van der Waals surface area contributed by atoms with Crippen LogP contribution in [0, 0.1) is 5.92 Å². The largest absolute Gasteiger partial charge is 0.459 e. The third kappa shape index (κ3) is 9.69. The van der Waals surface area contributed by atoms with Gasteiger partial charge in [0.15, 0.2) is 0 Å². The first-order chi connectivity index (χ1) is 19.4. The SMILES string of the molecule is CC(C)(C)OC(=O)NC[C@@H]1CCc2cc(C(=O)NC[C@H](NS(=O)(=O)c3ccccc3)C(=O)OC(C)(C)C)cc(=O)n2C1. The summed E-state index contributed by atoms with van der Waals surface area (Å²) >= 11 is 0. The number of hydrogen-bond donors (Lipinski definition) is 3. The summed E-state index contributed by atoms with van der Waals surface area (Å²) in [6.45, 7) is 10.6. The van der Waals surface area contributed by atoms with Crippen molar-refractivity contribution in [1.82, 2.24) is 19.9 Å². The minimum absolute atomic E-state index is 0.00891. The molecule has 0 saturated heterocycles. The van der Waals surface area contributed by atoms with Crippen LogP contribution in [0.3, 0.4) is 0 Å². The highest BCUT2D eigenvalue weighted by molar-refractivity contribution is 7.89. The molecule has 3 N–H and O–H groups in total. The van der Waals surface area contributed by atoms with Crippen LogP contribution in [0.4, 0.5) is 4.79 Å². The fraction of sp³-hybridized carbons (Fsp3) is 0.517. The number of fused-ring (bicyclic) bond motifs is 1. The van der Waals surface area contributed by atoms with Crippen LogP contribution in [0.5, 0.6) is 0 Å². The van der Waals surface area contributed by atoms with Gasteiger partial charge in [-0.3, -0.25) is 14.4 Å². The molecule has 1 aromatic heterocycles. The van der Waals surface area contributed by atoms with E-state index in [4.69, 9.17) is 9.47 Å². The Morgan fingerprint density at radius 1 is 0.976 bits per heavy atom. The van der Waals surface area contributed by atoms with Gasteiger partial charge in [-0.15, -0.1) is 0 Å². The van der Waals surface area contributed by atoms with E-state index in [1.807, 2.05) is 0 Å². The summed E-state index contributed by atoms with van der Waals surface area (Å²) in [6, 6.07) is 8.89. The van der Waals surface area contributed by atoms with Gasteiger partial charge in [0.2, 0.25) is 10.0 Å². The molecule has 3 rings (SSSR count). The number of hydrogen-bond acceptors (Lipinski definition) is 8. The Kier molecular flexibility index (Phi) is 10.2. The Labute approximate surface area is 246 Å². The van der Waals surface area contributed by atoms with E-state index in [1.165, 1.54) is 18.2 Å². The van der Waals surface area contributed by atoms with Crippen molar-refractivity contribution in [2.45, 2.75) is 83.1 Å². The Morgan fingerprint density at radius 3 is 2.24 bits per heavy atom. The van der Waals surface area contributed by atoms with Crippen LogP contribution in [0.15, 0.2) is 52.2 Å². The van der Waals surface area contributed by atoms with Crippen LogP contribution in [0.1, 0.15) is 64.0 Å². The number of pyridine rings is 1. The first-order valence-electron chi connectivity index (χ1n) is 13.7. The molecule has 1 aliphatic rings. The lowest BCUT2D eigenvalue weighted by molar-refractivity contribution is -0.156. The number of aromatic nitrogens is 1. The van der Waals surface area contributed by atoms with E-state index >= 15 is 0 Å². The molecule has 230 valence electrons. The van der Waals surface area contributed by atoms with Gasteiger partial charge in [-0.2, -0.15) is 4.72 Å². The minimum atomic E-state index is -4.11. The van der Waals surface area contributed by atoms with Crippen molar-refractivity contribution in [3.63, 3.8) is 0 Å². The fourth-order valence-corrected chi connectivity index (χ4v) is 5.51. The monoisotopic (exact) mass is 604 g/mol. The molecule has 1 aromatic carbocycles. The van der Waals surface area contributed by atoms with E-state index in [1.54, 1.807) is 70.4 Å². The van der Waals surface area contributed by atoms with Crippen LogP contribution in [0.2, 0.25) is 0 Å². The third-order valence-electron chi connectivity index (χ3n) is 6.17. The molecule has 2 heterocycles. The first-order valence-corrected chi connectivity index (χ1v) is 15.2. The standard InChI is InChI=1S/C29H40N4O8S/c1-28(2,3)40-26(36)23(32-42(38,39)22-10-8-7-9-11-22)17-30-25(35)20-14-21-13-12-19(18-33(21)24(34)15-20)16-31-27(37)41-29(4,5)6/h7-11,14-15,19,23,32H,12-13,16-18H2,1-6H3,(H,30,35)(H,31,37)/t19-,23-/m0/s1. The topological polar surface area (TPSA) is 162 Å². The van der Waals surface area contributed by atoms with E-state index in [0.717, 1.165) is 0 Å². The van der Waals surface area contributed by atoms with Crippen molar-refractivity contribution in [2.24, 2.45) is 5.92 Å². The number of carbonyl (C=O) groups is 3. The number of benzene rings is 1. The molecule has 12 nitrogen and oxygen atoms in total. The molecule has 2 atom stereocenters. The number of esters is 1. The molecule has 0 spiro atoms. The van der Waals surface area contributed by atoms with Gasteiger partial charge < -0.3 is 24.7 Å². The molecule has 2 amide bonds. The second-order valence-corrected chi connectivity index (χ2v) is 13.9. The van der Waals surface area contributed by atoms with E-state index < -0.39 is 51.8 Å². The number of rotatable bonds is 9. The van der Waals surface area contributed by atoms with E-state index in [9.17, 15) is 27.6 Å². The van der Waals surface area contributed by atoms with Crippen molar-refractivity contribution in [2.75, 3.05) is 13.1 Å². The van der Waals surface area contributed by atoms with Gasteiger partial charge in [0.1, 0.15) is 17.2 Å². The lowest BCUT2D eigenvalue weighted by Gasteiger charge is -2.27. The average molecular weight is 605 g/mol. The fourth-order valence-electron chi connectivity index (χ4n) is 4.30. The van der Waals surface area contributed by atoms with E-state index in [-0.39, 0.29) is 21.9 Å². The van der Waals surface area contributed by atoms with E-state index in [2.05, 4.69) is 15.4 Å². The summed E-state index contributed by atoms with van der Waals surface area (Å²) in [7, 11) is -4.11. The maximum atomic E-state index is 13.0. The normalized spacial score (nSPS) is 16.1. The van der Waals surface area contributed by atoms with Gasteiger partial charge in [0.05, 0.1) is 4.90 Å². The Morgan fingerprint density at radius 2 is 1.62 bits per heavy atom. The van der Waals surface area contributed by atoms with Crippen LogP contribution in [-0.4, -0.2) is 61.3 Å². The second kappa shape index (κ2) is 13.1. The van der Waals surface area contributed by atoms with Gasteiger partial charge >= 0.3 is 12.1 Å². The lowest BCUT2D eigenvalue weighted by Crippen LogP contribution is -2.50. The number of carbonyl (C=O) groups excluding carboxylic acids is 3. The lowest BCUT2D eigenvalue weighted by atomic mass is 9.96. The summed E-state index contributed by atoms with van der Waals surface area (Å²) in [5.41, 5.74) is -1.14. The number of aryl methyl sites for hydroxylation is 1. The quantitative estimate of drug-likeness (QED) is 0.368. The Bertz CT molecular complexity index is 1460. The number of sulfonamides is 1. The summed E-state index contributed by atoms with van der Waals surface area (Å²) < 4.78 is 40.3. The van der Waals surface area contributed by atoms with Gasteiger partial charge in [-0.05, 0) is 78.5 Å². The predicted molar refractivity (Wildman–Crippen MR) is 155 cm³/mol. The molecule has 0 saturated carbocycles. The molecule has 13 heteroatoms. The first kappa shape index (κ1) is 32.8. The summed E-state index contributed by atoms with van der Waals surface area (Å²) in [4.78, 5) is 50.8. The molecule has 1 aliphatic heterocycles. The highest BCUT2D eigenvalue weighted by Gasteiger charge is 2.31. The number of ether oxygens (including phenoxy) is 2. The maximum Gasteiger partial charge on any atom is 0.407 e. The van der Waals surface area contributed by atoms with Gasteiger partial charge in [-0.25, -0.2) is 13.2 Å². The summed E-state index contributed by atoms with van der Waals surface area (Å²) in [6.07, 6.45) is 0.667. The third-order valence-corrected chi connectivity index (χ3v) is 7.66. The smallest absolute Gasteiger partial charge is 0.407 e. The number of nitrogens with one attached hydrogen (secondary N) is 3. The minimum Gasteiger partial charge on any atom is -0.459 e. The highest BCUT2D eigenvalue weighted by Crippen LogP contribution is 2.19. The predicted octanol–water partition coefficient (Wildman–Crippen LogP) is 2.35. The second-order valence-electron chi connectivity index (χ2n) is 12.2. The molecule has 0 fully saturated rings. The zero-order valence-corrected chi connectivity index (χ0v) is 25.7. The summed E-state index contributed by atoms with van der Waals surface area (Å²) in [5, 5.41) is 5.30.